The van der Waals surface area contributed by atoms with E-state index >= 15 is 0 Å². The number of ether oxygens (including phenoxy) is 1. The van der Waals surface area contributed by atoms with E-state index in [1.165, 1.54) is 7.11 Å². The fourth-order valence-corrected chi connectivity index (χ4v) is 2.29. The number of esters is 1. The summed E-state index contributed by atoms with van der Waals surface area (Å²) >= 11 is 3.48. The summed E-state index contributed by atoms with van der Waals surface area (Å²) in [6.07, 6.45) is 0. The third-order valence-electron chi connectivity index (χ3n) is 3.10. The zero-order valence-corrected chi connectivity index (χ0v) is 13.2. The summed E-state index contributed by atoms with van der Waals surface area (Å²) in [7, 11) is 3.18. The molecule has 0 saturated heterocycles. The molecule has 0 aliphatic carbocycles. The van der Waals surface area contributed by atoms with Gasteiger partial charge in [0.2, 0.25) is 5.76 Å². The summed E-state index contributed by atoms with van der Waals surface area (Å²) in [5, 5.41) is 3.19. The van der Waals surface area contributed by atoms with Crippen molar-refractivity contribution in [2.75, 3.05) is 14.2 Å². The number of carbonyl (C=O) groups excluding carboxylic acids is 1. The minimum atomic E-state index is -0.474. The number of carbonyl (C=O) groups is 1. The Bertz CT molecular complexity index is 621. The first-order valence-electron chi connectivity index (χ1n) is 6.18. The monoisotopic (exact) mass is 337 g/mol. The molecule has 0 fully saturated rings. The second-order valence-electron chi connectivity index (χ2n) is 4.42. The van der Waals surface area contributed by atoms with Gasteiger partial charge in [-0.05, 0) is 43.3 Å². The Labute approximate surface area is 126 Å². The highest BCUT2D eigenvalue weighted by Crippen LogP contribution is 2.27. The number of nitrogens with one attached hydrogen (secondary N) is 1. The minimum Gasteiger partial charge on any atom is -0.463 e. The van der Waals surface area contributed by atoms with E-state index in [4.69, 9.17) is 4.42 Å². The van der Waals surface area contributed by atoms with Crippen LogP contribution in [0.1, 0.15) is 33.5 Å². The molecule has 0 amide bonds. The fourth-order valence-electron chi connectivity index (χ4n) is 2.04. The highest BCUT2D eigenvalue weighted by atomic mass is 79.9. The van der Waals surface area contributed by atoms with E-state index in [9.17, 15) is 4.79 Å². The van der Waals surface area contributed by atoms with Crippen molar-refractivity contribution in [2.24, 2.45) is 0 Å². The molecule has 1 atom stereocenters. The van der Waals surface area contributed by atoms with Crippen molar-refractivity contribution in [3.05, 3.63) is 57.5 Å². The highest BCUT2D eigenvalue weighted by molar-refractivity contribution is 9.10. The summed E-state index contributed by atoms with van der Waals surface area (Å²) in [6, 6.07) is 9.38. The van der Waals surface area contributed by atoms with Crippen molar-refractivity contribution in [1.82, 2.24) is 5.32 Å². The van der Waals surface area contributed by atoms with Gasteiger partial charge in [0.1, 0.15) is 5.76 Å². The lowest BCUT2D eigenvalue weighted by Crippen LogP contribution is -2.17. The first-order chi connectivity index (χ1) is 9.56. The summed E-state index contributed by atoms with van der Waals surface area (Å²) in [6.45, 7) is 2.03. The van der Waals surface area contributed by atoms with Gasteiger partial charge in [-0.15, -0.1) is 0 Å². The number of aryl methyl sites for hydroxylation is 1. The number of rotatable bonds is 4. The average molecular weight is 338 g/mol. The van der Waals surface area contributed by atoms with E-state index in [1.54, 1.807) is 12.1 Å². The summed E-state index contributed by atoms with van der Waals surface area (Å²) in [5.74, 6) is 0.407. The highest BCUT2D eigenvalue weighted by Gasteiger charge is 2.19. The smallest absolute Gasteiger partial charge is 0.373 e. The number of hydrogen-bond donors (Lipinski definition) is 1. The van der Waals surface area contributed by atoms with Gasteiger partial charge in [-0.25, -0.2) is 4.79 Å². The maximum absolute atomic E-state index is 11.4. The second-order valence-corrected chi connectivity index (χ2v) is 5.28. The normalized spacial score (nSPS) is 12.2. The van der Waals surface area contributed by atoms with E-state index in [0.717, 1.165) is 15.6 Å². The van der Waals surface area contributed by atoms with Gasteiger partial charge in [0.15, 0.2) is 0 Å². The summed E-state index contributed by atoms with van der Waals surface area (Å²) in [4.78, 5) is 11.4. The van der Waals surface area contributed by atoms with Crippen LogP contribution in [0.2, 0.25) is 0 Å². The van der Waals surface area contributed by atoms with Gasteiger partial charge < -0.3 is 14.5 Å². The number of benzene rings is 1. The van der Waals surface area contributed by atoms with Gasteiger partial charge in [0.25, 0.3) is 0 Å². The molecular weight excluding hydrogens is 322 g/mol. The van der Waals surface area contributed by atoms with Crippen LogP contribution >= 0.6 is 15.9 Å². The van der Waals surface area contributed by atoms with Crippen LogP contribution in [0.25, 0.3) is 0 Å². The Kier molecular flexibility index (Phi) is 4.62. The zero-order chi connectivity index (χ0) is 14.7. The van der Waals surface area contributed by atoms with Gasteiger partial charge in [-0.2, -0.15) is 0 Å². The SMILES string of the molecule is CNC(c1ccc(Br)c(C)c1)c1ccc(C(=O)OC)o1. The van der Waals surface area contributed by atoms with Crippen LogP contribution in [0.4, 0.5) is 0 Å². The number of hydrogen-bond acceptors (Lipinski definition) is 4. The molecular formula is C15H16BrNO3. The standard InChI is InChI=1S/C15H16BrNO3/c1-9-8-10(4-5-11(9)16)14(17-2)12-6-7-13(20-12)15(18)19-3/h4-8,14,17H,1-3H3. The molecule has 4 nitrogen and oxygen atoms in total. The van der Waals surface area contributed by atoms with E-state index < -0.39 is 5.97 Å². The molecule has 1 heterocycles. The van der Waals surface area contributed by atoms with E-state index in [2.05, 4.69) is 32.0 Å². The molecule has 0 aliphatic rings. The lowest BCUT2D eigenvalue weighted by molar-refractivity contribution is 0.0562. The van der Waals surface area contributed by atoms with Gasteiger partial charge >= 0.3 is 5.97 Å². The van der Waals surface area contributed by atoms with Crippen LogP contribution in [-0.4, -0.2) is 20.1 Å². The minimum absolute atomic E-state index is 0.111. The Morgan fingerprint density at radius 2 is 2.10 bits per heavy atom. The van der Waals surface area contributed by atoms with Crippen LogP contribution in [0, 0.1) is 6.92 Å². The number of halogens is 1. The molecule has 106 valence electrons. The molecule has 1 N–H and O–H groups in total. The van der Waals surface area contributed by atoms with E-state index in [1.807, 2.05) is 26.1 Å². The zero-order valence-electron chi connectivity index (χ0n) is 11.6. The fraction of sp³-hybridized carbons (Fsp3) is 0.267. The van der Waals surface area contributed by atoms with Gasteiger partial charge in [0, 0.05) is 4.47 Å². The lowest BCUT2D eigenvalue weighted by Gasteiger charge is -2.15. The van der Waals surface area contributed by atoms with Crippen molar-refractivity contribution in [1.29, 1.82) is 0 Å². The first kappa shape index (κ1) is 14.8. The summed E-state index contributed by atoms with van der Waals surface area (Å²) in [5.41, 5.74) is 2.21. The molecule has 0 bridgehead atoms. The predicted molar refractivity (Wildman–Crippen MR) is 79.8 cm³/mol. The van der Waals surface area contributed by atoms with Crippen molar-refractivity contribution in [3.63, 3.8) is 0 Å². The maximum atomic E-state index is 11.4. The molecule has 0 saturated carbocycles. The van der Waals surface area contributed by atoms with Gasteiger partial charge in [-0.3, -0.25) is 0 Å². The molecule has 1 unspecified atom stereocenters. The predicted octanol–water partition coefficient (Wildman–Crippen LogP) is 3.45. The molecule has 0 spiro atoms. The topological polar surface area (TPSA) is 51.5 Å². The number of methoxy groups -OCH3 is 1. The Balaban J connectivity index is 2.34. The molecule has 20 heavy (non-hydrogen) atoms. The maximum Gasteiger partial charge on any atom is 0.373 e. The quantitative estimate of drug-likeness (QED) is 0.868. The van der Waals surface area contributed by atoms with Crippen molar-refractivity contribution >= 4 is 21.9 Å². The Morgan fingerprint density at radius 3 is 2.70 bits per heavy atom. The van der Waals surface area contributed by atoms with E-state index in [-0.39, 0.29) is 11.8 Å². The molecule has 1 aromatic heterocycles. The van der Waals surface area contributed by atoms with Crippen molar-refractivity contribution in [2.45, 2.75) is 13.0 Å². The van der Waals surface area contributed by atoms with Crippen LogP contribution in [0.5, 0.6) is 0 Å². The molecule has 1 aromatic carbocycles. The average Bonchev–Trinajstić information content (AvgIpc) is 2.92. The third kappa shape index (κ3) is 2.94. The van der Waals surface area contributed by atoms with Crippen molar-refractivity contribution in [3.8, 4) is 0 Å². The first-order valence-corrected chi connectivity index (χ1v) is 6.97. The van der Waals surface area contributed by atoms with Crippen LogP contribution < -0.4 is 5.32 Å². The van der Waals surface area contributed by atoms with Crippen molar-refractivity contribution < 1.29 is 13.9 Å². The van der Waals surface area contributed by atoms with E-state index in [0.29, 0.717) is 5.76 Å². The Morgan fingerprint density at radius 1 is 1.35 bits per heavy atom. The molecule has 0 aliphatic heterocycles. The van der Waals surface area contributed by atoms with Gasteiger partial charge in [-0.1, -0.05) is 28.1 Å². The molecule has 0 radical (unpaired) electrons. The lowest BCUT2D eigenvalue weighted by atomic mass is 10.0. The third-order valence-corrected chi connectivity index (χ3v) is 3.99. The molecule has 2 aromatic rings. The second kappa shape index (κ2) is 6.24. The Hall–Kier alpha value is -1.59. The molecule has 5 heteroatoms. The largest absolute Gasteiger partial charge is 0.463 e. The van der Waals surface area contributed by atoms with Crippen LogP contribution in [0.3, 0.4) is 0 Å². The summed E-state index contributed by atoms with van der Waals surface area (Å²) < 4.78 is 11.3. The number of furan rings is 1. The molecule has 2 rings (SSSR count). The van der Waals surface area contributed by atoms with Crippen LogP contribution in [-0.2, 0) is 4.74 Å². The van der Waals surface area contributed by atoms with Gasteiger partial charge in [0.05, 0.1) is 13.2 Å². The van der Waals surface area contributed by atoms with Crippen LogP contribution in [0.15, 0.2) is 39.2 Å².